The molecule has 1 aliphatic carbocycles. The number of halogens is 1. The largest absolute Gasteiger partial charge is 0.496 e. The Morgan fingerprint density at radius 2 is 1.72 bits per heavy atom. The molecule has 8 nitrogen and oxygen atoms in total. The van der Waals surface area contributed by atoms with Crippen molar-refractivity contribution in [2.75, 3.05) is 20.8 Å². The van der Waals surface area contributed by atoms with Crippen molar-refractivity contribution in [2.24, 2.45) is 4.99 Å². The molecule has 2 amide bonds. The number of carbonyl (C=O) groups excluding carboxylic acids is 1. The number of ether oxygens (including phenoxy) is 2. The normalized spacial score (nSPS) is 14.3. The van der Waals surface area contributed by atoms with E-state index < -0.39 is 16.1 Å². The van der Waals surface area contributed by atoms with E-state index in [0.29, 0.717) is 35.2 Å². The number of methoxy groups -OCH3 is 2. The van der Waals surface area contributed by atoms with Gasteiger partial charge in [-0.25, -0.2) is 17.9 Å². The molecule has 0 spiro atoms. The second kappa shape index (κ2) is 14.7. The van der Waals surface area contributed by atoms with Crippen LogP contribution in [0.4, 0.5) is 4.79 Å². The van der Waals surface area contributed by atoms with Gasteiger partial charge in [-0.1, -0.05) is 56.8 Å². The Hall–Kier alpha value is -2.78. The van der Waals surface area contributed by atoms with Gasteiger partial charge >= 0.3 is 6.03 Å². The van der Waals surface area contributed by atoms with Gasteiger partial charge in [0.2, 0.25) is 5.90 Å². The minimum atomic E-state index is -3.95. The van der Waals surface area contributed by atoms with Crippen molar-refractivity contribution in [3.05, 3.63) is 58.6 Å². The summed E-state index contributed by atoms with van der Waals surface area (Å²) < 4.78 is 38.0. The molecule has 0 unspecified atom stereocenters. The zero-order chi connectivity index (χ0) is 26.6. The second-order valence-electron chi connectivity index (χ2n) is 8.04. The predicted molar refractivity (Wildman–Crippen MR) is 144 cm³/mol. The number of nitrogens with one attached hydrogen (secondary N) is 2. The number of aliphatic imine (C=N–C) groups is 1. The number of carbonyl (C=O) groups is 1. The van der Waals surface area contributed by atoms with Crippen molar-refractivity contribution >= 4 is 33.6 Å². The average molecular weight is 538 g/mol. The van der Waals surface area contributed by atoms with E-state index in [1.54, 1.807) is 37.4 Å². The molecular weight excluding hydrogens is 502 g/mol. The third-order valence-electron chi connectivity index (χ3n) is 5.64. The van der Waals surface area contributed by atoms with Crippen molar-refractivity contribution in [1.82, 2.24) is 10.0 Å². The van der Waals surface area contributed by atoms with Crippen LogP contribution in [0.15, 0.2) is 52.4 Å². The zero-order valence-corrected chi connectivity index (χ0v) is 22.9. The molecule has 36 heavy (non-hydrogen) atoms. The summed E-state index contributed by atoms with van der Waals surface area (Å²) in [6.07, 6.45) is 5.55. The highest BCUT2D eigenvalue weighted by molar-refractivity contribution is 7.90. The zero-order valence-electron chi connectivity index (χ0n) is 21.3. The van der Waals surface area contributed by atoms with Crippen LogP contribution in [-0.2, 0) is 21.2 Å². The van der Waals surface area contributed by atoms with E-state index in [1.165, 1.54) is 19.2 Å². The van der Waals surface area contributed by atoms with Gasteiger partial charge in [0.05, 0.1) is 24.7 Å². The van der Waals surface area contributed by atoms with Crippen LogP contribution in [0.1, 0.15) is 57.1 Å². The highest BCUT2D eigenvalue weighted by atomic mass is 35.5. The summed E-state index contributed by atoms with van der Waals surface area (Å²) in [5.41, 5.74) is 1.54. The van der Waals surface area contributed by atoms with E-state index in [9.17, 15) is 13.2 Å². The summed E-state index contributed by atoms with van der Waals surface area (Å²) in [4.78, 5) is 16.7. The molecule has 2 aromatic carbocycles. The number of sulfonamides is 1. The topological polar surface area (TPSA) is 106 Å². The first-order valence-corrected chi connectivity index (χ1v) is 14.0. The van der Waals surface area contributed by atoms with E-state index in [1.807, 2.05) is 13.8 Å². The fourth-order valence-corrected chi connectivity index (χ4v) is 4.96. The maximum atomic E-state index is 12.5. The second-order valence-corrected chi connectivity index (χ2v) is 10.2. The van der Waals surface area contributed by atoms with Crippen molar-refractivity contribution < 1.29 is 22.7 Å². The molecule has 2 N–H and O–H groups in total. The minimum absolute atomic E-state index is 0.0238. The lowest BCUT2D eigenvalue weighted by Gasteiger charge is -2.22. The lowest BCUT2D eigenvalue weighted by molar-refractivity contribution is 0.237. The fourth-order valence-electron chi connectivity index (χ4n) is 3.87. The molecule has 1 fully saturated rings. The van der Waals surface area contributed by atoms with E-state index >= 15 is 0 Å². The Labute approximate surface area is 219 Å². The number of nitrogens with zero attached hydrogens (tertiary/aromatic N) is 1. The quantitative estimate of drug-likeness (QED) is 0.349. The van der Waals surface area contributed by atoms with Crippen molar-refractivity contribution in [3.8, 4) is 5.75 Å². The van der Waals surface area contributed by atoms with Gasteiger partial charge in [-0.2, -0.15) is 0 Å². The van der Waals surface area contributed by atoms with Crippen LogP contribution in [0, 0.1) is 0 Å². The van der Waals surface area contributed by atoms with E-state index in [4.69, 9.17) is 21.1 Å². The van der Waals surface area contributed by atoms with Gasteiger partial charge in [0.25, 0.3) is 10.0 Å². The minimum Gasteiger partial charge on any atom is -0.496 e. The molecule has 10 heteroatoms. The Morgan fingerprint density at radius 3 is 2.33 bits per heavy atom. The van der Waals surface area contributed by atoms with Gasteiger partial charge in [0.1, 0.15) is 5.75 Å². The summed E-state index contributed by atoms with van der Waals surface area (Å²) in [6.45, 7) is 4.41. The summed E-state index contributed by atoms with van der Waals surface area (Å²) in [5, 5.41) is 3.29. The molecule has 0 aliphatic heterocycles. The lowest BCUT2D eigenvalue weighted by atomic mass is 9.96. The molecule has 0 bridgehead atoms. The maximum Gasteiger partial charge on any atom is 0.328 e. The van der Waals surface area contributed by atoms with E-state index in [-0.39, 0.29) is 10.9 Å². The molecule has 0 radical (unpaired) electrons. The first-order chi connectivity index (χ1) is 17.3. The number of rotatable bonds is 8. The molecule has 0 saturated heterocycles. The van der Waals surface area contributed by atoms with E-state index in [2.05, 4.69) is 15.0 Å². The van der Waals surface area contributed by atoms with Crippen LogP contribution < -0.4 is 14.8 Å². The lowest BCUT2D eigenvalue weighted by Crippen LogP contribution is -2.45. The molecule has 1 aliphatic rings. The summed E-state index contributed by atoms with van der Waals surface area (Å²) in [5.74, 6) is 0.992. The average Bonchev–Trinajstić information content (AvgIpc) is 2.88. The van der Waals surface area contributed by atoms with Crippen LogP contribution in [-0.4, -0.2) is 47.2 Å². The summed E-state index contributed by atoms with van der Waals surface area (Å²) in [6, 6.07) is 10.9. The van der Waals surface area contributed by atoms with Crippen LogP contribution in [0.25, 0.3) is 0 Å². The maximum absolute atomic E-state index is 12.5. The Morgan fingerprint density at radius 1 is 1.06 bits per heavy atom. The third kappa shape index (κ3) is 8.71. The molecular formula is C26H36ClN3O5S. The highest BCUT2D eigenvalue weighted by Gasteiger charge is 2.21. The summed E-state index contributed by atoms with van der Waals surface area (Å²) in [7, 11) is -0.865. The van der Waals surface area contributed by atoms with Gasteiger partial charge in [-0.15, -0.1) is 0 Å². The molecule has 1 saturated carbocycles. The fraction of sp³-hybridized carbons (Fsp3) is 0.462. The first kappa shape index (κ1) is 29.5. The molecule has 0 heterocycles. The van der Waals surface area contributed by atoms with Gasteiger partial charge in [0, 0.05) is 17.6 Å². The van der Waals surface area contributed by atoms with Crippen LogP contribution in [0.5, 0.6) is 5.75 Å². The Bertz CT molecular complexity index is 1110. The number of urea groups is 1. The van der Waals surface area contributed by atoms with Gasteiger partial charge in [-0.05, 0) is 55.2 Å². The Kier molecular flexibility index (Phi) is 12.0. The van der Waals surface area contributed by atoms with Crippen LogP contribution >= 0.6 is 11.6 Å². The van der Waals surface area contributed by atoms with Crippen molar-refractivity contribution in [3.63, 3.8) is 0 Å². The van der Waals surface area contributed by atoms with Gasteiger partial charge in [0.15, 0.2) is 0 Å². The molecule has 198 valence electrons. The van der Waals surface area contributed by atoms with Crippen LogP contribution in [0.3, 0.4) is 0 Å². The first-order valence-electron chi connectivity index (χ1n) is 12.2. The van der Waals surface area contributed by atoms with Crippen molar-refractivity contribution in [2.45, 2.75) is 63.3 Å². The monoisotopic (exact) mass is 537 g/mol. The third-order valence-corrected chi connectivity index (χ3v) is 7.22. The molecule has 2 aromatic rings. The predicted octanol–water partition coefficient (Wildman–Crippen LogP) is 5.33. The van der Waals surface area contributed by atoms with Gasteiger partial charge < -0.3 is 14.8 Å². The molecule has 3 rings (SSSR count). The highest BCUT2D eigenvalue weighted by Crippen LogP contribution is 2.24. The number of hydrogen-bond acceptors (Lipinski definition) is 6. The summed E-state index contributed by atoms with van der Waals surface area (Å²) >= 11 is 6.09. The Balaban J connectivity index is 0.00000222. The standard InChI is InChI=1S/C24H30ClN3O5S.C2H6/c1-32-22-13-10-18(25)16-21(22)23(33-2)26-15-14-17-8-11-20(12-9-17)34(30,31)28-24(29)27-19-6-4-3-5-7-19;1-2/h8-13,16,19H,3-7,14-15H2,1-2H3,(H2,27,28,29);1-2H3. The number of hydrogen-bond donors (Lipinski definition) is 2. The number of amides is 2. The SMILES string of the molecule is CC.COC(=NCCc1ccc(S(=O)(=O)NC(=O)NC2CCCCC2)cc1)c1cc(Cl)ccc1OC. The van der Waals surface area contributed by atoms with Gasteiger partial charge in [-0.3, -0.25) is 4.99 Å². The molecule has 0 atom stereocenters. The smallest absolute Gasteiger partial charge is 0.328 e. The van der Waals surface area contributed by atoms with Crippen molar-refractivity contribution in [1.29, 1.82) is 0 Å². The van der Waals surface area contributed by atoms with E-state index in [0.717, 1.165) is 37.7 Å². The number of benzene rings is 2. The van der Waals surface area contributed by atoms with Crippen LogP contribution in [0.2, 0.25) is 5.02 Å². The molecule has 0 aromatic heterocycles.